The minimum absolute atomic E-state index is 0. The lowest BCUT2D eigenvalue weighted by Crippen LogP contribution is -2.39. The summed E-state index contributed by atoms with van der Waals surface area (Å²) in [6, 6.07) is -1.16. The van der Waals surface area contributed by atoms with Gasteiger partial charge in [0.05, 0.1) is 6.10 Å². The Bertz CT molecular complexity index is 93.8. The zero-order valence-electron chi connectivity index (χ0n) is 5.24. The van der Waals surface area contributed by atoms with Crippen molar-refractivity contribution in [3.8, 4) is 0 Å². The van der Waals surface area contributed by atoms with Gasteiger partial charge in [0.25, 0.3) is 0 Å². The van der Waals surface area contributed by atoms with Crippen LogP contribution < -0.4 is 11.9 Å². The third-order valence-corrected chi connectivity index (χ3v) is 0.805. The SMILES string of the molecule is CC(O)C(N)C(=O)O.N. The van der Waals surface area contributed by atoms with E-state index >= 15 is 0 Å². The van der Waals surface area contributed by atoms with Crippen LogP contribution in [0.3, 0.4) is 0 Å². The number of hydrogen-bond acceptors (Lipinski definition) is 4. The summed E-state index contributed by atoms with van der Waals surface area (Å²) in [6.07, 6.45) is -0.979. The van der Waals surface area contributed by atoms with Gasteiger partial charge in [-0.05, 0) is 6.92 Å². The van der Waals surface area contributed by atoms with Crippen LogP contribution in [0.2, 0.25) is 0 Å². The Morgan fingerprint density at radius 2 is 2.00 bits per heavy atom. The van der Waals surface area contributed by atoms with Crippen molar-refractivity contribution in [2.75, 3.05) is 0 Å². The van der Waals surface area contributed by atoms with Crippen molar-refractivity contribution in [2.24, 2.45) is 5.73 Å². The van der Waals surface area contributed by atoms with E-state index in [2.05, 4.69) is 0 Å². The summed E-state index contributed by atoms with van der Waals surface area (Å²) in [6.45, 7) is 1.33. The van der Waals surface area contributed by atoms with Gasteiger partial charge in [-0.25, -0.2) is 0 Å². The van der Waals surface area contributed by atoms with Gasteiger partial charge in [-0.2, -0.15) is 0 Å². The van der Waals surface area contributed by atoms with Crippen LogP contribution in [0.5, 0.6) is 0 Å². The van der Waals surface area contributed by atoms with Crippen molar-refractivity contribution in [2.45, 2.75) is 19.1 Å². The summed E-state index contributed by atoms with van der Waals surface area (Å²) in [5, 5.41) is 16.6. The number of carboxylic acid groups (broad SMARTS) is 1. The first-order chi connectivity index (χ1) is 3.55. The first kappa shape index (κ1) is 11.2. The molecule has 0 rings (SSSR count). The minimum atomic E-state index is -1.18. The first-order valence-electron chi connectivity index (χ1n) is 2.22. The summed E-state index contributed by atoms with van der Waals surface area (Å²) >= 11 is 0. The summed E-state index contributed by atoms with van der Waals surface area (Å²) in [5.74, 6) is -1.18. The van der Waals surface area contributed by atoms with E-state index in [-0.39, 0.29) is 6.15 Å². The molecule has 0 aromatic rings. The molecule has 2 atom stereocenters. The van der Waals surface area contributed by atoms with Gasteiger partial charge in [-0.3, -0.25) is 4.79 Å². The highest BCUT2D eigenvalue weighted by Gasteiger charge is 2.16. The molecule has 0 aromatic carbocycles. The molecule has 9 heavy (non-hydrogen) atoms. The van der Waals surface area contributed by atoms with E-state index in [1.165, 1.54) is 6.92 Å². The Hall–Kier alpha value is -0.650. The number of carbonyl (C=O) groups is 1. The maximum atomic E-state index is 9.86. The van der Waals surface area contributed by atoms with E-state index in [0.29, 0.717) is 0 Å². The number of aliphatic hydroxyl groups excluding tert-OH is 1. The second kappa shape index (κ2) is 4.25. The molecule has 0 aliphatic carbocycles. The van der Waals surface area contributed by atoms with E-state index < -0.39 is 18.1 Å². The van der Waals surface area contributed by atoms with Crippen LogP contribution in [-0.4, -0.2) is 28.3 Å². The van der Waals surface area contributed by atoms with Crippen LogP contribution >= 0.6 is 0 Å². The lowest BCUT2D eigenvalue weighted by atomic mass is 10.2. The standard InChI is InChI=1S/C4H9NO3.H3N/c1-2(6)3(5)4(7)8;/h2-3,6H,5H2,1H3,(H,7,8);1H3. The van der Waals surface area contributed by atoms with E-state index in [0.717, 1.165) is 0 Å². The monoisotopic (exact) mass is 136 g/mol. The molecule has 0 aromatic heterocycles. The average molecular weight is 136 g/mol. The van der Waals surface area contributed by atoms with Crippen molar-refractivity contribution in [1.82, 2.24) is 6.15 Å². The van der Waals surface area contributed by atoms with Crippen molar-refractivity contribution in [3.63, 3.8) is 0 Å². The number of aliphatic carboxylic acids is 1. The third-order valence-electron chi connectivity index (χ3n) is 0.805. The average Bonchev–Trinajstić information content (AvgIpc) is 1.64. The number of aliphatic hydroxyl groups is 1. The van der Waals surface area contributed by atoms with Gasteiger partial charge in [0.15, 0.2) is 0 Å². The van der Waals surface area contributed by atoms with Gasteiger partial charge in [0.1, 0.15) is 6.04 Å². The third kappa shape index (κ3) is 3.89. The number of hydrogen-bond donors (Lipinski definition) is 4. The second-order valence-corrected chi connectivity index (χ2v) is 1.60. The topological polar surface area (TPSA) is 119 Å². The first-order valence-corrected chi connectivity index (χ1v) is 2.22. The van der Waals surface area contributed by atoms with E-state index in [9.17, 15) is 4.79 Å². The van der Waals surface area contributed by atoms with Crippen LogP contribution in [-0.2, 0) is 4.79 Å². The largest absolute Gasteiger partial charge is 0.480 e. The second-order valence-electron chi connectivity index (χ2n) is 1.60. The van der Waals surface area contributed by atoms with E-state index in [4.69, 9.17) is 15.9 Å². The normalized spacial score (nSPS) is 15.4. The Labute approximate surface area is 53.1 Å². The lowest BCUT2D eigenvalue weighted by Gasteiger charge is -2.06. The van der Waals surface area contributed by atoms with E-state index in [1.54, 1.807) is 0 Å². The Morgan fingerprint density at radius 1 is 1.67 bits per heavy atom. The molecule has 0 aliphatic rings. The summed E-state index contributed by atoms with van der Waals surface area (Å²) in [5.41, 5.74) is 4.91. The molecule has 0 spiro atoms. The van der Waals surface area contributed by atoms with Crippen LogP contribution in [0, 0.1) is 0 Å². The molecule has 0 saturated carbocycles. The van der Waals surface area contributed by atoms with Crippen molar-refractivity contribution in [3.05, 3.63) is 0 Å². The lowest BCUT2D eigenvalue weighted by molar-refractivity contribution is -0.140. The Morgan fingerprint density at radius 3 is 2.00 bits per heavy atom. The molecule has 0 fully saturated rings. The molecule has 0 heterocycles. The smallest absolute Gasteiger partial charge is 0.323 e. The highest BCUT2D eigenvalue weighted by atomic mass is 16.4. The predicted octanol–water partition coefficient (Wildman–Crippen LogP) is -1.06. The van der Waals surface area contributed by atoms with Gasteiger partial charge in [-0.1, -0.05) is 0 Å². The molecule has 5 heteroatoms. The van der Waals surface area contributed by atoms with Crippen LogP contribution in [0.15, 0.2) is 0 Å². The molecule has 0 amide bonds. The highest BCUT2D eigenvalue weighted by molar-refractivity contribution is 5.73. The molecule has 0 radical (unpaired) electrons. The van der Waals surface area contributed by atoms with E-state index in [1.807, 2.05) is 0 Å². The molecular formula is C4H12N2O3. The maximum Gasteiger partial charge on any atom is 0.323 e. The fourth-order valence-corrected chi connectivity index (χ4v) is 0.206. The quantitative estimate of drug-likeness (QED) is 0.386. The van der Waals surface area contributed by atoms with Gasteiger partial charge >= 0.3 is 5.97 Å². The predicted molar refractivity (Wildman–Crippen MR) is 32.3 cm³/mol. The van der Waals surface area contributed by atoms with Crippen LogP contribution in [0.4, 0.5) is 0 Å². The number of nitrogens with two attached hydrogens (primary N) is 1. The Kier molecular flexibility index (Phi) is 5.28. The highest BCUT2D eigenvalue weighted by Crippen LogP contribution is 1.85. The summed E-state index contributed by atoms with van der Waals surface area (Å²) in [4.78, 5) is 9.86. The molecule has 7 N–H and O–H groups in total. The fourth-order valence-electron chi connectivity index (χ4n) is 0.206. The number of carboxylic acids is 1. The van der Waals surface area contributed by atoms with Gasteiger partial charge in [0.2, 0.25) is 0 Å². The van der Waals surface area contributed by atoms with Gasteiger partial charge in [0, 0.05) is 0 Å². The zero-order valence-corrected chi connectivity index (χ0v) is 5.24. The van der Waals surface area contributed by atoms with Crippen LogP contribution in [0.1, 0.15) is 6.92 Å². The molecule has 0 saturated heterocycles. The molecule has 56 valence electrons. The summed E-state index contributed by atoms with van der Waals surface area (Å²) in [7, 11) is 0. The summed E-state index contributed by atoms with van der Waals surface area (Å²) < 4.78 is 0. The van der Waals surface area contributed by atoms with Crippen molar-refractivity contribution in [1.29, 1.82) is 0 Å². The fraction of sp³-hybridized carbons (Fsp3) is 0.750. The zero-order chi connectivity index (χ0) is 6.73. The molecular weight excluding hydrogens is 124 g/mol. The van der Waals surface area contributed by atoms with Gasteiger partial charge in [-0.15, -0.1) is 0 Å². The van der Waals surface area contributed by atoms with Crippen molar-refractivity contribution >= 4 is 5.97 Å². The molecule has 0 aliphatic heterocycles. The molecule has 5 nitrogen and oxygen atoms in total. The minimum Gasteiger partial charge on any atom is -0.480 e. The van der Waals surface area contributed by atoms with Crippen LogP contribution in [0.25, 0.3) is 0 Å². The number of rotatable bonds is 2. The maximum absolute atomic E-state index is 9.86. The molecule has 0 bridgehead atoms. The van der Waals surface area contributed by atoms with Gasteiger partial charge < -0.3 is 22.1 Å². The molecule has 2 unspecified atom stereocenters. The van der Waals surface area contributed by atoms with Crippen molar-refractivity contribution < 1.29 is 15.0 Å². The Balaban J connectivity index is 0.